The molecular weight excluding hydrogens is 186 g/mol. The van der Waals surface area contributed by atoms with E-state index in [-0.39, 0.29) is 11.2 Å². The Labute approximate surface area is 91.7 Å². The Balaban J connectivity index is 2.35. The summed E-state index contributed by atoms with van der Waals surface area (Å²) in [5.74, 6) is 0.256. The molecule has 2 nitrogen and oxygen atoms in total. The topological polar surface area (TPSA) is 29.1 Å². The van der Waals surface area contributed by atoms with Gasteiger partial charge >= 0.3 is 0 Å². The van der Waals surface area contributed by atoms with Crippen molar-refractivity contribution in [3.05, 3.63) is 30.3 Å². The molecule has 0 aliphatic heterocycles. The van der Waals surface area contributed by atoms with Crippen LogP contribution >= 0.6 is 0 Å². The van der Waals surface area contributed by atoms with Crippen LogP contribution in [0.5, 0.6) is 0 Å². The molecule has 0 aliphatic carbocycles. The summed E-state index contributed by atoms with van der Waals surface area (Å²) >= 11 is 0. The number of hydrogen-bond acceptors (Lipinski definition) is 2. The summed E-state index contributed by atoms with van der Waals surface area (Å²) in [4.78, 5) is 11.6. The van der Waals surface area contributed by atoms with Crippen molar-refractivity contribution in [3.8, 4) is 0 Å². The second-order valence-electron chi connectivity index (χ2n) is 5.00. The van der Waals surface area contributed by atoms with Crippen molar-refractivity contribution >= 4 is 11.5 Å². The highest BCUT2D eigenvalue weighted by atomic mass is 16.1. The first-order valence-electron chi connectivity index (χ1n) is 5.28. The molecule has 1 aromatic carbocycles. The molecular formula is C13H19NO. The standard InChI is InChI=1S/C13H19NO/c1-13(2,3)9-12(15)10-14-11-7-5-4-6-8-11/h4-8,14H,9-10H2,1-3H3. The lowest BCUT2D eigenvalue weighted by atomic mass is 9.90. The molecule has 0 unspecified atom stereocenters. The van der Waals surface area contributed by atoms with Crippen molar-refractivity contribution in [2.24, 2.45) is 5.41 Å². The summed E-state index contributed by atoms with van der Waals surface area (Å²) in [6, 6.07) is 9.80. The van der Waals surface area contributed by atoms with Gasteiger partial charge in [0.15, 0.2) is 5.78 Å². The van der Waals surface area contributed by atoms with E-state index in [2.05, 4.69) is 26.1 Å². The van der Waals surface area contributed by atoms with E-state index in [1.54, 1.807) is 0 Å². The predicted molar refractivity (Wildman–Crippen MR) is 64.0 cm³/mol. The Bertz CT molecular complexity index is 311. The zero-order valence-corrected chi connectivity index (χ0v) is 9.71. The summed E-state index contributed by atoms with van der Waals surface area (Å²) in [7, 11) is 0. The lowest BCUT2D eigenvalue weighted by molar-refractivity contribution is -0.119. The third-order valence-corrected chi connectivity index (χ3v) is 1.99. The molecule has 0 saturated heterocycles. The number of Topliss-reactive ketones (excluding diaryl/α,β-unsaturated/α-hetero) is 1. The van der Waals surface area contributed by atoms with E-state index in [4.69, 9.17) is 0 Å². The normalized spacial score (nSPS) is 11.1. The molecule has 0 radical (unpaired) electrons. The van der Waals surface area contributed by atoms with Crippen LogP contribution in [0.15, 0.2) is 30.3 Å². The molecule has 0 atom stereocenters. The molecule has 0 bridgehead atoms. The molecule has 15 heavy (non-hydrogen) atoms. The number of hydrogen-bond donors (Lipinski definition) is 1. The van der Waals surface area contributed by atoms with Crippen LogP contribution in [0.25, 0.3) is 0 Å². The number of carbonyl (C=O) groups is 1. The van der Waals surface area contributed by atoms with Gasteiger partial charge in [-0.2, -0.15) is 0 Å². The molecule has 82 valence electrons. The molecule has 0 saturated carbocycles. The summed E-state index contributed by atoms with van der Waals surface area (Å²) < 4.78 is 0. The highest BCUT2D eigenvalue weighted by Crippen LogP contribution is 2.18. The van der Waals surface area contributed by atoms with Crippen molar-refractivity contribution < 1.29 is 4.79 Å². The molecule has 2 heteroatoms. The van der Waals surface area contributed by atoms with Crippen LogP contribution in [0.4, 0.5) is 5.69 Å². The third kappa shape index (κ3) is 5.21. The van der Waals surface area contributed by atoms with Crippen molar-refractivity contribution in [2.75, 3.05) is 11.9 Å². The maximum Gasteiger partial charge on any atom is 0.152 e. The van der Waals surface area contributed by atoms with Gasteiger partial charge in [-0.05, 0) is 17.5 Å². The van der Waals surface area contributed by atoms with Gasteiger partial charge < -0.3 is 5.32 Å². The minimum absolute atomic E-state index is 0.0788. The summed E-state index contributed by atoms with van der Waals surface area (Å²) in [5, 5.41) is 3.12. The van der Waals surface area contributed by atoms with Crippen molar-refractivity contribution in [2.45, 2.75) is 27.2 Å². The SMILES string of the molecule is CC(C)(C)CC(=O)CNc1ccccc1. The molecule has 0 spiro atoms. The molecule has 0 aromatic heterocycles. The van der Waals surface area contributed by atoms with E-state index in [0.29, 0.717) is 13.0 Å². The van der Waals surface area contributed by atoms with Gasteiger partial charge in [0.2, 0.25) is 0 Å². The summed E-state index contributed by atoms with van der Waals surface area (Å²) in [6.07, 6.45) is 0.618. The summed E-state index contributed by atoms with van der Waals surface area (Å²) in [6.45, 7) is 6.65. The molecule has 0 fully saturated rings. The average molecular weight is 205 g/mol. The number of rotatable bonds is 4. The zero-order valence-electron chi connectivity index (χ0n) is 9.71. The number of carbonyl (C=O) groups excluding carboxylic acids is 1. The van der Waals surface area contributed by atoms with E-state index in [9.17, 15) is 4.79 Å². The van der Waals surface area contributed by atoms with E-state index >= 15 is 0 Å². The van der Waals surface area contributed by atoms with E-state index in [1.807, 2.05) is 30.3 Å². The molecule has 0 heterocycles. The maximum absolute atomic E-state index is 11.6. The first-order chi connectivity index (χ1) is 6.97. The fourth-order valence-corrected chi connectivity index (χ4v) is 1.41. The summed E-state index contributed by atoms with van der Waals surface area (Å²) in [5.41, 5.74) is 1.08. The van der Waals surface area contributed by atoms with Crippen molar-refractivity contribution in [1.82, 2.24) is 0 Å². The van der Waals surface area contributed by atoms with Crippen LogP contribution in [0.2, 0.25) is 0 Å². The second-order valence-corrected chi connectivity index (χ2v) is 5.00. The maximum atomic E-state index is 11.6. The Kier molecular flexibility index (Phi) is 3.89. The zero-order chi connectivity index (χ0) is 11.3. The van der Waals surface area contributed by atoms with Gasteiger partial charge in [0, 0.05) is 12.1 Å². The smallest absolute Gasteiger partial charge is 0.152 e. The van der Waals surface area contributed by atoms with Gasteiger partial charge in [0.25, 0.3) is 0 Å². The van der Waals surface area contributed by atoms with Crippen LogP contribution < -0.4 is 5.32 Å². The monoisotopic (exact) mass is 205 g/mol. The van der Waals surface area contributed by atoms with E-state index in [0.717, 1.165) is 5.69 Å². The van der Waals surface area contributed by atoms with Crippen molar-refractivity contribution in [1.29, 1.82) is 0 Å². The lowest BCUT2D eigenvalue weighted by Gasteiger charge is -2.17. The molecule has 1 rings (SSSR count). The predicted octanol–water partition coefficient (Wildman–Crippen LogP) is 3.10. The first kappa shape index (κ1) is 11.8. The van der Waals surface area contributed by atoms with Gasteiger partial charge in [-0.15, -0.1) is 0 Å². The Morgan fingerprint density at radius 2 is 1.80 bits per heavy atom. The minimum atomic E-state index is 0.0788. The number of benzene rings is 1. The first-order valence-corrected chi connectivity index (χ1v) is 5.28. The Hall–Kier alpha value is -1.31. The van der Waals surface area contributed by atoms with Crippen LogP contribution in [-0.2, 0) is 4.79 Å². The minimum Gasteiger partial charge on any atom is -0.378 e. The highest BCUT2D eigenvalue weighted by Gasteiger charge is 2.15. The molecule has 1 aromatic rings. The quantitative estimate of drug-likeness (QED) is 0.818. The third-order valence-electron chi connectivity index (χ3n) is 1.99. The number of anilines is 1. The molecule has 0 aliphatic rings. The average Bonchev–Trinajstić information content (AvgIpc) is 2.14. The van der Waals surface area contributed by atoms with Gasteiger partial charge in [-0.1, -0.05) is 39.0 Å². The Morgan fingerprint density at radius 3 is 2.33 bits per heavy atom. The lowest BCUT2D eigenvalue weighted by Crippen LogP contribution is -2.20. The van der Waals surface area contributed by atoms with Gasteiger partial charge in [-0.3, -0.25) is 4.79 Å². The fraction of sp³-hybridized carbons (Fsp3) is 0.462. The van der Waals surface area contributed by atoms with Crippen molar-refractivity contribution in [3.63, 3.8) is 0 Å². The Morgan fingerprint density at radius 1 is 1.20 bits per heavy atom. The van der Waals surface area contributed by atoms with Crippen LogP contribution in [0.1, 0.15) is 27.2 Å². The number of para-hydroxylation sites is 1. The van der Waals surface area contributed by atoms with Gasteiger partial charge in [0.1, 0.15) is 0 Å². The fourth-order valence-electron chi connectivity index (χ4n) is 1.41. The highest BCUT2D eigenvalue weighted by molar-refractivity contribution is 5.83. The van der Waals surface area contributed by atoms with E-state index in [1.165, 1.54) is 0 Å². The van der Waals surface area contributed by atoms with Gasteiger partial charge in [0.05, 0.1) is 6.54 Å². The van der Waals surface area contributed by atoms with Crippen LogP contribution in [-0.4, -0.2) is 12.3 Å². The number of nitrogens with one attached hydrogen (secondary N) is 1. The molecule has 1 N–H and O–H groups in total. The number of ketones is 1. The van der Waals surface area contributed by atoms with E-state index < -0.39 is 0 Å². The van der Waals surface area contributed by atoms with Gasteiger partial charge in [-0.25, -0.2) is 0 Å². The van der Waals surface area contributed by atoms with Crippen LogP contribution in [0.3, 0.4) is 0 Å². The molecule has 0 amide bonds. The second kappa shape index (κ2) is 4.96. The van der Waals surface area contributed by atoms with Crippen LogP contribution in [0, 0.1) is 5.41 Å². The largest absolute Gasteiger partial charge is 0.378 e.